The molecule has 8 nitrogen and oxygen atoms in total. The summed E-state index contributed by atoms with van der Waals surface area (Å²) in [6.45, 7) is 5.63. The number of carbonyl (C=O) groups excluding carboxylic acids is 3. The van der Waals surface area contributed by atoms with E-state index in [1.807, 2.05) is 13.0 Å². The van der Waals surface area contributed by atoms with Crippen LogP contribution in [0.3, 0.4) is 0 Å². The first-order valence-electron chi connectivity index (χ1n) is 10.6. The van der Waals surface area contributed by atoms with Crippen molar-refractivity contribution < 1.29 is 28.6 Å². The van der Waals surface area contributed by atoms with Gasteiger partial charge in [0, 0.05) is 11.3 Å². The van der Waals surface area contributed by atoms with E-state index in [0.717, 1.165) is 22.2 Å². The van der Waals surface area contributed by atoms with E-state index in [-0.39, 0.29) is 4.91 Å². The molecule has 2 aromatic carbocycles. The number of hydrogen-bond donors (Lipinski definition) is 1. The minimum absolute atomic E-state index is 0.201. The van der Waals surface area contributed by atoms with Gasteiger partial charge in [0.25, 0.3) is 11.1 Å². The Labute approximate surface area is 212 Å². The van der Waals surface area contributed by atoms with E-state index in [2.05, 4.69) is 11.9 Å². The molecule has 1 aliphatic heterocycles. The number of rotatable bonds is 10. The predicted octanol–water partition coefficient (Wildman–Crippen LogP) is 5.16. The minimum atomic E-state index is -0.554. The molecule has 0 atom stereocenters. The molecule has 1 heterocycles. The zero-order valence-corrected chi connectivity index (χ0v) is 21.1. The Morgan fingerprint density at radius 1 is 1.17 bits per heavy atom. The summed E-state index contributed by atoms with van der Waals surface area (Å²) < 4.78 is 16.3. The quantitative estimate of drug-likeness (QED) is 0.344. The molecule has 0 aromatic heterocycles. The maximum absolute atomic E-state index is 12.9. The second kappa shape index (κ2) is 11.8. The van der Waals surface area contributed by atoms with Crippen molar-refractivity contribution in [2.24, 2.45) is 0 Å². The summed E-state index contributed by atoms with van der Waals surface area (Å²) in [5, 5.41) is 2.42. The Morgan fingerprint density at radius 2 is 1.94 bits per heavy atom. The van der Waals surface area contributed by atoms with Crippen LogP contribution in [0.4, 0.5) is 10.5 Å². The maximum atomic E-state index is 12.9. The zero-order valence-electron chi connectivity index (χ0n) is 19.6. The average molecular weight is 517 g/mol. The number of halogens is 1. The van der Waals surface area contributed by atoms with E-state index in [1.54, 1.807) is 37.5 Å². The van der Waals surface area contributed by atoms with Crippen molar-refractivity contribution in [1.82, 2.24) is 4.90 Å². The summed E-state index contributed by atoms with van der Waals surface area (Å²) >= 11 is 6.85. The van der Waals surface area contributed by atoms with Gasteiger partial charge in [-0.3, -0.25) is 19.3 Å². The lowest BCUT2D eigenvalue weighted by molar-refractivity contribution is -0.127. The summed E-state index contributed by atoms with van der Waals surface area (Å²) in [6, 6.07) is 8.32. The van der Waals surface area contributed by atoms with Gasteiger partial charge in [-0.2, -0.15) is 0 Å². The summed E-state index contributed by atoms with van der Waals surface area (Å²) in [6.07, 6.45) is 3.86. The number of methoxy groups -OCH3 is 2. The summed E-state index contributed by atoms with van der Waals surface area (Å²) in [4.78, 5) is 39.0. The number of thioether (sulfide) groups is 1. The standard InChI is InChI=1S/C25H25ClN2O6S/c1-5-7-16-10-15(11-20(34-6-2)23(16)33-4)12-21-24(30)28(25(31)35-21)14-22(29)27-17-8-9-19(32-3)18(26)13-17/h5,8-13H,1,6-7,14H2,2-4H3,(H,27,29)/b21-12+. The third kappa shape index (κ3) is 6.17. The summed E-state index contributed by atoms with van der Waals surface area (Å²) in [5.41, 5.74) is 1.91. The Hall–Kier alpha value is -3.43. The summed E-state index contributed by atoms with van der Waals surface area (Å²) in [7, 11) is 3.04. The summed E-state index contributed by atoms with van der Waals surface area (Å²) in [5.74, 6) is 0.487. The van der Waals surface area contributed by atoms with Gasteiger partial charge < -0.3 is 19.5 Å². The fraction of sp³-hybridized carbons (Fsp3) is 0.240. The number of carbonyl (C=O) groups is 3. The van der Waals surface area contributed by atoms with E-state index < -0.39 is 23.6 Å². The fourth-order valence-corrected chi connectivity index (χ4v) is 4.54. The van der Waals surface area contributed by atoms with Crippen molar-refractivity contribution in [1.29, 1.82) is 0 Å². The van der Waals surface area contributed by atoms with Gasteiger partial charge in [-0.15, -0.1) is 6.58 Å². The van der Waals surface area contributed by atoms with Crippen LogP contribution in [0.1, 0.15) is 18.1 Å². The number of amides is 3. The number of hydrogen-bond acceptors (Lipinski definition) is 7. The van der Waals surface area contributed by atoms with Crippen molar-refractivity contribution in [2.75, 3.05) is 32.7 Å². The molecule has 0 bridgehead atoms. The first-order chi connectivity index (χ1) is 16.8. The lowest BCUT2D eigenvalue weighted by Gasteiger charge is -2.15. The van der Waals surface area contributed by atoms with Crippen LogP contribution in [0.2, 0.25) is 5.02 Å². The van der Waals surface area contributed by atoms with Gasteiger partial charge in [-0.05, 0) is 67.1 Å². The highest BCUT2D eigenvalue weighted by Gasteiger charge is 2.36. The van der Waals surface area contributed by atoms with Crippen LogP contribution < -0.4 is 19.5 Å². The Bertz CT molecular complexity index is 1200. The van der Waals surface area contributed by atoms with Gasteiger partial charge in [0.2, 0.25) is 5.91 Å². The molecule has 3 rings (SSSR count). The average Bonchev–Trinajstić information content (AvgIpc) is 3.07. The van der Waals surface area contributed by atoms with Crippen LogP contribution in [-0.4, -0.2) is 49.3 Å². The smallest absolute Gasteiger partial charge is 0.294 e. The lowest BCUT2D eigenvalue weighted by atomic mass is 10.0. The second-order valence-corrected chi connectivity index (χ2v) is 8.70. The van der Waals surface area contributed by atoms with Gasteiger partial charge in [0.05, 0.1) is 30.8 Å². The highest BCUT2D eigenvalue weighted by atomic mass is 35.5. The predicted molar refractivity (Wildman–Crippen MR) is 137 cm³/mol. The highest BCUT2D eigenvalue weighted by molar-refractivity contribution is 8.18. The second-order valence-electron chi connectivity index (χ2n) is 7.30. The molecule has 2 aromatic rings. The molecular formula is C25H25ClN2O6S. The normalized spacial score (nSPS) is 14.3. The Kier molecular flexibility index (Phi) is 8.84. The number of ether oxygens (including phenoxy) is 3. The van der Waals surface area contributed by atoms with Crippen LogP contribution >= 0.6 is 23.4 Å². The van der Waals surface area contributed by atoms with Gasteiger partial charge in [0.15, 0.2) is 11.5 Å². The molecule has 1 fully saturated rings. The molecule has 0 saturated carbocycles. The van der Waals surface area contributed by atoms with Crippen LogP contribution in [0.15, 0.2) is 47.9 Å². The molecule has 1 saturated heterocycles. The van der Waals surface area contributed by atoms with E-state index >= 15 is 0 Å². The largest absolute Gasteiger partial charge is 0.495 e. The molecule has 10 heteroatoms. The van der Waals surface area contributed by atoms with Crippen molar-refractivity contribution in [3.63, 3.8) is 0 Å². The van der Waals surface area contributed by atoms with Gasteiger partial charge >= 0.3 is 0 Å². The molecule has 0 spiro atoms. The van der Waals surface area contributed by atoms with Crippen molar-refractivity contribution in [2.45, 2.75) is 13.3 Å². The zero-order chi connectivity index (χ0) is 25.5. The van der Waals surface area contributed by atoms with E-state index in [0.29, 0.717) is 46.5 Å². The number of nitrogens with one attached hydrogen (secondary N) is 1. The lowest BCUT2D eigenvalue weighted by Crippen LogP contribution is -2.36. The molecule has 1 aliphatic rings. The molecule has 184 valence electrons. The van der Waals surface area contributed by atoms with Gasteiger partial charge in [0.1, 0.15) is 12.3 Å². The first-order valence-corrected chi connectivity index (χ1v) is 11.8. The first kappa shape index (κ1) is 26.2. The SMILES string of the molecule is C=CCc1cc(/C=C2/SC(=O)N(CC(=O)Nc3ccc(OC)c(Cl)c3)C2=O)cc(OCC)c1OC. The number of imide groups is 1. The van der Waals surface area contributed by atoms with Crippen LogP contribution in [-0.2, 0) is 16.0 Å². The van der Waals surface area contributed by atoms with E-state index in [9.17, 15) is 14.4 Å². The molecule has 0 radical (unpaired) electrons. The number of anilines is 1. The molecule has 0 unspecified atom stereocenters. The number of allylic oxidation sites excluding steroid dienone is 1. The minimum Gasteiger partial charge on any atom is -0.495 e. The monoisotopic (exact) mass is 516 g/mol. The third-order valence-corrected chi connectivity index (χ3v) is 6.13. The Balaban J connectivity index is 1.79. The fourth-order valence-electron chi connectivity index (χ4n) is 3.44. The van der Waals surface area contributed by atoms with Crippen LogP contribution in [0.5, 0.6) is 17.2 Å². The molecule has 35 heavy (non-hydrogen) atoms. The molecule has 3 amide bonds. The number of nitrogens with zero attached hydrogens (tertiary/aromatic N) is 1. The van der Waals surface area contributed by atoms with Gasteiger partial charge in [-0.1, -0.05) is 17.7 Å². The van der Waals surface area contributed by atoms with Crippen molar-refractivity contribution in [3.8, 4) is 17.2 Å². The maximum Gasteiger partial charge on any atom is 0.294 e. The van der Waals surface area contributed by atoms with Crippen molar-refractivity contribution >= 4 is 52.2 Å². The number of benzene rings is 2. The van der Waals surface area contributed by atoms with Crippen LogP contribution in [0.25, 0.3) is 6.08 Å². The van der Waals surface area contributed by atoms with E-state index in [1.165, 1.54) is 13.2 Å². The van der Waals surface area contributed by atoms with Crippen LogP contribution in [0, 0.1) is 0 Å². The third-order valence-electron chi connectivity index (χ3n) is 4.93. The van der Waals surface area contributed by atoms with Crippen molar-refractivity contribution in [3.05, 3.63) is 64.0 Å². The Morgan fingerprint density at radius 3 is 2.57 bits per heavy atom. The van der Waals surface area contributed by atoms with Gasteiger partial charge in [-0.25, -0.2) is 0 Å². The molecule has 1 N–H and O–H groups in total. The highest BCUT2D eigenvalue weighted by Crippen LogP contribution is 2.37. The van der Waals surface area contributed by atoms with E-state index in [4.69, 9.17) is 25.8 Å². The molecule has 0 aliphatic carbocycles. The topological polar surface area (TPSA) is 94.2 Å². The molecular weight excluding hydrogens is 492 g/mol.